The summed E-state index contributed by atoms with van der Waals surface area (Å²) in [7, 11) is 1.68. The first-order valence-electron chi connectivity index (χ1n) is 4.77. The minimum absolute atomic E-state index is 0.0283. The van der Waals surface area contributed by atoms with E-state index in [1.807, 2.05) is 0 Å². The van der Waals surface area contributed by atoms with Crippen molar-refractivity contribution in [3.05, 3.63) is 0 Å². The van der Waals surface area contributed by atoms with Crippen molar-refractivity contribution in [2.75, 3.05) is 13.6 Å². The van der Waals surface area contributed by atoms with Crippen molar-refractivity contribution in [1.29, 1.82) is 0 Å². The van der Waals surface area contributed by atoms with Crippen LogP contribution in [0.2, 0.25) is 0 Å². The molecule has 13 heavy (non-hydrogen) atoms. The summed E-state index contributed by atoms with van der Waals surface area (Å²) in [6.07, 6.45) is 4.27. The molecule has 3 amide bonds. The highest BCUT2D eigenvalue weighted by Gasteiger charge is 2.39. The number of imide groups is 1. The Kier molecular flexibility index (Phi) is 1.98. The van der Waals surface area contributed by atoms with Gasteiger partial charge in [0.05, 0.1) is 0 Å². The summed E-state index contributed by atoms with van der Waals surface area (Å²) in [5, 5.41) is 0. The molecule has 0 aromatic carbocycles. The zero-order valence-corrected chi connectivity index (χ0v) is 7.82. The molecule has 0 radical (unpaired) electrons. The largest absolute Gasteiger partial charge is 0.327 e. The van der Waals surface area contributed by atoms with Crippen molar-refractivity contribution in [3.8, 4) is 0 Å². The van der Waals surface area contributed by atoms with Gasteiger partial charge in [0, 0.05) is 13.1 Å². The van der Waals surface area contributed by atoms with E-state index in [1.54, 1.807) is 7.05 Å². The summed E-state index contributed by atoms with van der Waals surface area (Å²) in [6, 6.07) is 0.0712. The molecule has 1 aliphatic heterocycles. The first-order chi connectivity index (χ1) is 6.20. The standard InChI is InChI=1S/C9H14N2O2/c1-10-6-8(12)11(9(10)13)7-4-2-3-5-7/h7H,2-6H2,1H3. The summed E-state index contributed by atoms with van der Waals surface area (Å²) < 4.78 is 0. The fraction of sp³-hybridized carbons (Fsp3) is 0.778. The van der Waals surface area contributed by atoms with Crippen LogP contribution in [0.25, 0.3) is 0 Å². The van der Waals surface area contributed by atoms with Crippen LogP contribution in [-0.2, 0) is 4.79 Å². The quantitative estimate of drug-likeness (QED) is 0.563. The molecule has 1 saturated heterocycles. The second-order valence-electron chi connectivity index (χ2n) is 3.84. The monoisotopic (exact) mass is 182 g/mol. The van der Waals surface area contributed by atoms with Crippen molar-refractivity contribution >= 4 is 11.9 Å². The summed E-state index contributed by atoms with van der Waals surface area (Å²) in [5.41, 5.74) is 0. The second-order valence-corrected chi connectivity index (χ2v) is 3.84. The number of hydrogen-bond donors (Lipinski definition) is 0. The van der Waals surface area contributed by atoms with Crippen LogP contribution in [0.4, 0.5) is 4.79 Å². The minimum Gasteiger partial charge on any atom is -0.318 e. The smallest absolute Gasteiger partial charge is 0.318 e. The molecule has 4 nitrogen and oxygen atoms in total. The molecule has 0 bridgehead atoms. The number of amides is 3. The highest BCUT2D eigenvalue weighted by Crippen LogP contribution is 2.26. The molecule has 0 N–H and O–H groups in total. The Labute approximate surface area is 77.5 Å². The lowest BCUT2D eigenvalue weighted by atomic mass is 10.2. The highest BCUT2D eigenvalue weighted by molar-refractivity contribution is 6.02. The van der Waals surface area contributed by atoms with Gasteiger partial charge in [-0.3, -0.25) is 9.69 Å². The van der Waals surface area contributed by atoms with Crippen LogP contribution in [0.1, 0.15) is 25.7 Å². The van der Waals surface area contributed by atoms with E-state index in [4.69, 9.17) is 0 Å². The van der Waals surface area contributed by atoms with Crippen LogP contribution in [0.15, 0.2) is 0 Å². The Balaban J connectivity index is 2.13. The van der Waals surface area contributed by atoms with Crippen LogP contribution < -0.4 is 0 Å². The van der Waals surface area contributed by atoms with Gasteiger partial charge in [-0.25, -0.2) is 4.79 Å². The van der Waals surface area contributed by atoms with Crippen LogP contribution in [0.5, 0.6) is 0 Å². The third-order valence-electron chi connectivity index (χ3n) is 2.86. The summed E-state index contributed by atoms with van der Waals surface area (Å²) in [5.74, 6) is -0.0283. The average molecular weight is 182 g/mol. The molecule has 72 valence electrons. The molecular formula is C9H14N2O2. The molecular weight excluding hydrogens is 168 g/mol. The molecule has 2 rings (SSSR count). The Morgan fingerprint density at radius 2 is 1.85 bits per heavy atom. The Morgan fingerprint density at radius 1 is 1.23 bits per heavy atom. The van der Waals surface area contributed by atoms with Gasteiger partial charge in [0.25, 0.3) is 5.91 Å². The molecule has 0 unspecified atom stereocenters. The van der Waals surface area contributed by atoms with Gasteiger partial charge in [-0.1, -0.05) is 12.8 Å². The van der Waals surface area contributed by atoms with Crippen molar-refractivity contribution in [1.82, 2.24) is 9.80 Å². The van der Waals surface area contributed by atoms with E-state index >= 15 is 0 Å². The van der Waals surface area contributed by atoms with E-state index in [0.717, 1.165) is 25.7 Å². The van der Waals surface area contributed by atoms with E-state index < -0.39 is 0 Å². The fourth-order valence-electron chi connectivity index (χ4n) is 2.16. The van der Waals surface area contributed by atoms with Crippen molar-refractivity contribution in [2.24, 2.45) is 0 Å². The van der Waals surface area contributed by atoms with Crippen LogP contribution in [0, 0.1) is 0 Å². The van der Waals surface area contributed by atoms with Crippen molar-refractivity contribution < 1.29 is 9.59 Å². The van der Waals surface area contributed by atoms with Crippen LogP contribution in [0.3, 0.4) is 0 Å². The van der Waals surface area contributed by atoms with Gasteiger partial charge in [-0.05, 0) is 12.8 Å². The number of rotatable bonds is 1. The third-order valence-corrected chi connectivity index (χ3v) is 2.86. The van der Waals surface area contributed by atoms with Gasteiger partial charge in [0.15, 0.2) is 0 Å². The summed E-state index contributed by atoms with van der Waals surface area (Å²) in [4.78, 5) is 25.9. The molecule has 0 spiro atoms. The number of carbonyl (C=O) groups is 2. The van der Waals surface area contributed by atoms with Gasteiger partial charge in [0.2, 0.25) is 0 Å². The van der Waals surface area contributed by atoms with E-state index in [1.165, 1.54) is 9.80 Å². The number of urea groups is 1. The Morgan fingerprint density at radius 3 is 2.31 bits per heavy atom. The molecule has 1 saturated carbocycles. The molecule has 2 fully saturated rings. The number of carbonyl (C=O) groups excluding carboxylic acids is 2. The van der Waals surface area contributed by atoms with E-state index in [-0.39, 0.29) is 24.5 Å². The maximum absolute atomic E-state index is 11.5. The maximum atomic E-state index is 11.5. The normalized spacial score (nSPS) is 25.0. The van der Waals surface area contributed by atoms with Gasteiger partial charge >= 0.3 is 6.03 Å². The molecule has 0 aromatic rings. The van der Waals surface area contributed by atoms with E-state index in [2.05, 4.69) is 0 Å². The number of likely N-dealkylation sites (N-methyl/N-ethyl adjacent to an activating group) is 1. The maximum Gasteiger partial charge on any atom is 0.327 e. The zero-order chi connectivity index (χ0) is 9.42. The van der Waals surface area contributed by atoms with Gasteiger partial charge in [0.1, 0.15) is 6.54 Å². The molecule has 0 atom stereocenters. The fourth-order valence-corrected chi connectivity index (χ4v) is 2.16. The van der Waals surface area contributed by atoms with Gasteiger partial charge < -0.3 is 4.90 Å². The molecule has 1 aliphatic carbocycles. The van der Waals surface area contributed by atoms with Gasteiger partial charge in [-0.15, -0.1) is 0 Å². The zero-order valence-electron chi connectivity index (χ0n) is 7.82. The average Bonchev–Trinajstić information content (AvgIpc) is 2.63. The van der Waals surface area contributed by atoms with Crippen LogP contribution >= 0.6 is 0 Å². The summed E-state index contributed by atoms with van der Waals surface area (Å²) >= 11 is 0. The lowest BCUT2D eigenvalue weighted by molar-refractivity contribution is -0.126. The molecule has 4 heteroatoms. The molecule has 2 aliphatic rings. The summed E-state index contributed by atoms with van der Waals surface area (Å²) in [6.45, 7) is 0.259. The topological polar surface area (TPSA) is 40.6 Å². The predicted molar refractivity (Wildman–Crippen MR) is 47.1 cm³/mol. The van der Waals surface area contributed by atoms with E-state index in [9.17, 15) is 9.59 Å². The number of hydrogen-bond acceptors (Lipinski definition) is 2. The highest BCUT2D eigenvalue weighted by atomic mass is 16.2. The Hall–Kier alpha value is -1.06. The van der Waals surface area contributed by atoms with Crippen LogP contribution in [-0.4, -0.2) is 41.4 Å². The second kappa shape index (κ2) is 3.01. The number of nitrogens with zero attached hydrogens (tertiary/aromatic N) is 2. The lowest BCUT2D eigenvalue weighted by Gasteiger charge is -2.20. The first-order valence-corrected chi connectivity index (χ1v) is 4.77. The molecule has 0 aromatic heterocycles. The predicted octanol–water partition coefficient (Wildman–Crippen LogP) is 0.823. The van der Waals surface area contributed by atoms with Gasteiger partial charge in [-0.2, -0.15) is 0 Å². The van der Waals surface area contributed by atoms with Crippen molar-refractivity contribution in [2.45, 2.75) is 31.7 Å². The Bertz CT molecular complexity index is 246. The lowest BCUT2D eigenvalue weighted by Crippen LogP contribution is -2.39. The third kappa shape index (κ3) is 1.30. The molecule has 1 heterocycles. The minimum atomic E-state index is -0.114. The SMILES string of the molecule is CN1CC(=O)N(C2CCCC2)C1=O. The first kappa shape index (κ1) is 8.53. The van der Waals surface area contributed by atoms with E-state index in [0.29, 0.717) is 0 Å². The van der Waals surface area contributed by atoms with Crippen molar-refractivity contribution in [3.63, 3.8) is 0 Å².